The highest BCUT2D eigenvalue weighted by atomic mass is 16.7. The molecule has 0 radical (unpaired) electrons. The molecule has 3 aliphatic rings. The third kappa shape index (κ3) is 3.17. The standard InChI is InChI=1S/C19H21N3O6/c1-11-4-2-3-5-13(11)22-18(25)17(24)21(19(22)26)9-16(23)20-12-6-7-14-15(8-12)28-10-27-14/h6-8,11,13H,2-5,9-10H2,1H3,(H,20,23)/t11-,13+/m1/s1. The smallest absolute Gasteiger partial charge is 0.334 e. The molecule has 1 N–H and O–H groups in total. The van der Waals surface area contributed by atoms with E-state index in [1.54, 1.807) is 18.2 Å². The topological polar surface area (TPSA) is 105 Å². The van der Waals surface area contributed by atoms with Crippen LogP contribution in [0.1, 0.15) is 32.6 Å². The molecule has 5 amide bonds. The van der Waals surface area contributed by atoms with Gasteiger partial charge in [0.1, 0.15) is 6.54 Å². The van der Waals surface area contributed by atoms with E-state index < -0.39 is 30.3 Å². The van der Waals surface area contributed by atoms with Crippen LogP contribution in [0.5, 0.6) is 11.5 Å². The lowest BCUT2D eigenvalue weighted by Crippen LogP contribution is -2.46. The van der Waals surface area contributed by atoms with E-state index in [9.17, 15) is 19.2 Å². The van der Waals surface area contributed by atoms with Crippen molar-refractivity contribution in [2.24, 2.45) is 5.92 Å². The number of imide groups is 2. The molecule has 1 saturated heterocycles. The lowest BCUT2D eigenvalue weighted by molar-refractivity contribution is -0.145. The molecule has 0 unspecified atom stereocenters. The third-order valence-corrected chi connectivity index (χ3v) is 5.44. The van der Waals surface area contributed by atoms with Gasteiger partial charge in [-0.25, -0.2) is 9.69 Å². The minimum Gasteiger partial charge on any atom is -0.454 e. The summed E-state index contributed by atoms with van der Waals surface area (Å²) in [6, 6.07) is 3.86. The van der Waals surface area contributed by atoms with Gasteiger partial charge in [-0.05, 0) is 30.9 Å². The van der Waals surface area contributed by atoms with E-state index in [2.05, 4.69) is 5.32 Å². The number of rotatable bonds is 4. The highest BCUT2D eigenvalue weighted by molar-refractivity contribution is 6.45. The summed E-state index contributed by atoms with van der Waals surface area (Å²) in [5.41, 5.74) is 0.442. The Labute approximate surface area is 161 Å². The first-order valence-corrected chi connectivity index (χ1v) is 9.34. The number of urea groups is 1. The van der Waals surface area contributed by atoms with Crippen LogP contribution in [-0.2, 0) is 14.4 Å². The lowest BCUT2D eigenvalue weighted by atomic mass is 9.85. The molecule has 0 aromatic heterocycles. The van der Waals surface area contributed by atoms with Crippen molar-refractivity contribution in [3.05, 3.63) is 18.2 Å². The van der Waals surface area contributed by atoms with Gasteiger partial charge in [-0.1, -0.05) is 19.8 Å². The van der Waals surface area contributed by atoms with E-state index in [-0.39, 0.29) is 18.8 Å². The number of fused-ring (bicyclic) bond motifs is 1. The molecule has 9 nitrogen and oxygen atoms in total. The van der Waals surface area contributed by atoms with Crippen molar-refractivity contribution in [1.82, 2.24) is 9.80 Å². The van der Waals surface area contributed by atoms with Crippen LogP contribution in [0.15, 0.2) is 18.2 Å². The molecule has 148 valence electrons. The van der Waals surface area contributed by atoms with Gasteiger partial charge < -0.3 is 14.8 Å². The van der Waals surface area contributed by atoms with E-state index in [0.29, 0.717) is 28.5 Å². The molecule has 28 heavy (non-hydrogen) atoms. The van der Waals surface area contributed by atoms with Crippen molar-refractivity contribution < 1.29 is 28.7 Å². The number of amides is 5. The van der Waals surface area contributed by atoms with Gasteiger partial charge in [0.2, 0.25) is 12.7 Å². The van der Waals surface area contributed by atoms with Crippen molar-refractivity contribution in [3.8, 4) is 11.5 Å². The summed E-state index contributed by atoms with van der Waals surface area (Å²) in [6.07, 6.45) is 3.54. The summed E-state index contributed by atoms with van der Waals surface area (Å²) >= 11 is 0. The quantitative estimate of drug-likeness (QED) is 0.623. The molecule has 2 aliphatic heterocycles. The maximum absolute atomic E-state index is 12.7. The number of benzene rings is 1. The molecule has 0 spiro atoms. The van der Waals surface area contributed by atoms with Crippen LogP contribution in [0.4, 0.5) is 10.5 Å². The predicted molar refractivity (Wildman–Crippen MR) is 96.6 cm³/mol. The monoisotopic (exact) mass is 387 g/mol. The average molecular weight is 387 g/mol. The van der Waals surface area contributed by atoms with Crippen LogP contribution in [0, 0.1) is 5.92 Å². The van der Waals surface area contributed by atoms with Crippen molar-refractivity contribution in [2.75, 3.05) is 18.7 Å². The highest BCUT2D eigenvalue weighted by Crippen LogP contribution is 2.34. The minimum atomic E-state index is -0.955. The Morgan fingerprint density at radius 2 is 1.86 bits per heavy atom. The summed E-state index contributed by atoms with van der Waals surface area (Å²) in [5.74, 6) is -1.17. The van der Waals surface area contributed by atoms with E-state index in [1.165, 1.54) is 0 Å². The van der Waals surface area contributed by atoms with Crippen molar-refractivity contribution in [1.29, 1.82) is 0 Å². The van der Waals surface area contributed by atoms with Gasteiger partial charge >= 0.3 is 17.8 Å². The Morgan fingerprint density at radius 1 is 1.11 bits per heavy atom. The first-order chi connectivity index (χ1) is 13.5. The molecular formula is C19H21N3O6. The number of hydrogen-bond donors (Lipinski definition) is 1. The van der Waals surface area contributed by atoms with Crippen molar-refractivity contribution in [2.45, 2.75) is 38.6 Å². The second-order valence-electron chi connectivity index (χ2n) is 7.29. The molecule has 1 aliphatic carbocycles. The van der Waals surface area contributed by atoms with E-state index >= 15 is 0 Å². The number of nitrogens with one attached hydrogen (secondary N) is 1. The first-order valence-electron chi connectivity index (χ1n) is 9.34. The van der Waals surface area contributed by atoms with Crippen LogP contribution in [0.3, 0.4) is 0 Å². The van der Waals surface area contributed by atoms with Crippen LogP contribution in [0.25, 0.3) is 0 Å². The Kier molecular flexibility index (Phi) is 4.66. The molecular weight excluding hydrogens is 366 g/mol. The minimum absolute atomic E-state index is 0.112. The Bertz CT molecular complexity index is 854. The summed E-state index contributed by atoms with van der Waals surface area (Å²) in [6.45, 7) is 1.57. The van der Waals surface area contributed by atoms with Crippen LogP contribution in [-0.4, -0.2) is 52.9 Å². The average Bonchev–Trinajstić information content (AvgIpc) is 3.21. The predicted octanol–water partition coefficient (Wildman–Crippen LogP) is 1.72. The fourth-order valence-electron chi connectivity index (χ4n) is 3.95. The second kappa shape index (κ2) is 7.14. The lowest BCUT2D eigenvalue weighted by Gasteiger charge is -2.34. The molecule has 2 fully saturated rings. The maximum Gasteiger partial charge on any atom is 0.334 e. The van der Waals surface area contributed by atoms with E-state index in [1.807, 2.05) is 6.92 Å². The van der Waals surface area contributed by atoms with Gasteiger partial charge in [0.05, 0.1) is 0 Å². The number of carbonyl (C=O) groups is 4. The number of nitrogens with zero attached hydrogens (tertiary/aromatic N) is 2. The zero-order chi connectivity index (χ0) is 19.8. The van der Waals surface area contributed by atoms with E-state index in [4.69, 9.17) is 9.47 Å². The Balaban J connectivity index is 1.44. The van der Waals surface area contributed by atoms with Crippen LogP contribution >= 0.6 is 0 Å². The van der Waals surface area contributed by atoms with Crippen LogP contribution < -0.4 is 14.8 Å². The molecule has 9 heteroatoms. The third-order valence-electron chi connectivity index (χ3n) is 5.44. The SMILES string of the molecule is C[C@@H]1CCCC[C@@H]1N1C(=O)C(=O)N(CC(=O)Nc2ccc3c(c2)OCO3)C1=O. The summed E-state index contributed by atoms with van der Waals surface area (Å²) in [4.78, 5) is 51.5. The van der Waals surface area contributed by atoms with Crippen molar-refractivity contribution in [3.63, 3.8) is 0 Å². The van der Waals surface area contributed by atoms with Crippen LogP contribution in [0.2, 0.25) is 0 Å². The van der Waals surface area contributed by atoms with Crippen molar-refractivity contribution >= 4 is 29.4 Å². The normalized spacial score (nSPS) is 24.1. The number of hydrogen-bond acceptors (Lipinski definition) is 6. The van der Waals surface area contributed by atoms with Gasteiger partial charge in [-0.3, -0.25) is 19.3 Å². The Morgan fingerprint density at radius 3 is 2.64 bits per heavy atom. The molecule has 4 rings (SSSR count). The van der Waals surface area contributed by atoms with Gasteiger partial charge in [-0.2, -0.15) is 0 Å². The van der Waals surface area contributed by atoms with E-state index in [0.717, 1.165) is 24.2 Å². The molecule has 0 bridgehead atoms. The maximum atomic E-state index is 12.7. The summed E-state index contributed by atoms with van der Waals surface area (Å²) in [7, 11) is 0. The largest absolute Gasteiger partial charge is 0.454 e. The molecule has 1 aromatic carbocycles. The van der Waals surface area contributed by atoms with Gasteiger partial charge in [0, 0.05) is 17.8 Å². The zero-order valence-electron chi connectivity index (χ0n) is 15.5. The first kappa shape index (κ1) is 18.3. The molecule has 2 heterocycles. The fourth-order valence-corrected chi connectivity index (χ4v) is 3.95. The Hall–Kier alpha value is -3.10. The fraction of sp³-hybridized carbons (Fsp3) is 0.474. The summed E-state index contributed by atoms with van der Waals surface area (Å²) < 4.78 is 10.5. The number of carbonyl (C=O) groups excluding carboxylic acids is 4. The highest BCUT2D eigenvalue weighted by Gasteiger charge is 2.49. The molecule has 1 saturated carbocycles. The van der Waals surface area contributed by atoms with Gasteiger partial charge in [-0.15, -0.1) is 0 Å². The second-order valence-corrected chi connectivity index (χ2v) is 7.29. The van der Waals surface area contributed by atoms with Gasteiger partial charge in [0.15, 0.2) is 11.5 Å². The zero-order valence-corrected chi connectivity index (χ0v) is 15.5. The number of anilines is 1. The molecule has 2 atom stereocenters. The summed E-state index contributed by atoms with van der Waals surface area (Å²) in [5, 5.41) is 2.61. The molecule has 1 aromatic rings. The number of ether oxygens (including phenoxy) is 2. The van der Waals surface area contributed by atoms with Gasteiger partial charge in [0.25, 0.3) is 0 Å².